The molecule has 5 nitrogen and oxygen atoms in total. The van der Waals surface area contributed by atoms with Gasteiger partial charge in [0, 0.05) is 20.1 Å². The number of guanidine groups is 1. The third-order valence-electron chi connectivity index (χ3n) is 4.69. The third-order valence-corrected chi connectivity index (χ3v) is 4.69. The summed E-state index contributed by atoms with van der Waals surface area (Å²) in [5.74, 6) is 0.825. The predicted octanol–water partition coefficient (Wildman–Crippen LogP) is 3.81. The molecule has 0 saturated carbocycles. The van der Waals surface area contributed by atoms with Gasteiger partial charge in [0.15, 0.2) is 5.76 Å². The van der Waals surface area contributed by atoms with Crippen molar-refractivity contribution in [2.24, 2.45) is 4.99 Å². The van der Waals surface area contributed by atoms with Crippen LogP contribution >= 0.6 is 0 Å². The Morgan fingerprint density at radius 1 is 0.926 bits per heavy atom. The maximum absolute atomic E-state index is 12.8. The van der Waals surface area contributed by atoms with Crippen molar-refractivity contribution in [3.63, 3.8) is 0 Å². The number of furan rings is 1. The topological polar surface area (TPSA) is 49.0 Å². The highest BCUT2D eigenvalue weighted by Crippen LogP contribution is 2.27. The molecule has 3 aromatic rings. The molecule has 27 heavy (non-hydrogen) atoms. The highest BCUT2D eigenvalue weighted by atomic mass is 16.3. The quantitative estimate of drug-likeness (QED) is 0.712. The molecule has 5 heteroatoms. The number of carbonyl (C=O) groups is 1. The minimum Gasteiger partial charge on any atom is -0.459 e. The van der Waals surface area contributed by atoms with Crippen LogP contribution in [-0.4, -0.2) is 41.8 Å². The van der Waals surface area contributed by atoms with Crippen molar-refractivity contribution in [1.29, 1.82) is 0 Å². The SMILES string of the molecule is CN1CCN(C(=O)c2ccco2)C1=NC(c1ccccc1)c1ccccc1. The van der Waals surface area contributed by atoms with Crippen LogP contribution in [0, 0.1) is 0 Å². The second-order valence-electron chi connectivity index (χ2n) is 6.51. The van der Waals surface area contributed by atoms with E-state index in [-0.39, 0.29) is 11.9 Å². The van der Waals surface area contributed by atoms with Crippen LogP contribution in [0.1, 0.15) is 27.7 Å². The van der Waals surface area contributed by atoms with Crippen molar-refractivity contribution in [2.75, 3.05) is 20.1 Å². The maximum atomic E-state index is 12.8. The Morgan fingerprint density at radius 2 is 1.56 bits per heavy atom. The van der Waals surface area contributed by atoms with Crippen molar-refractivity contribution < 1.29 is 9.21 Å². The first-order chi connectivity index (χ1) is 13.2. The standard InChI is InChI=1S/C22H21N3O2/c1-24-14-15-25(21(26)19-13-8-16-27-19)22(24)23-20(17-9-4-2-5-10-17)18-11-6-3-7-12-18/h2-13,16,20H,14-15H2,1H3. The Hall–Kier alpha value is -3.34. The number of amides is 1. The maximum Gasteiger partial charge on any atom is 0.296 e. The van der Waals surface area contributed by atoms with Crippen LogP contribution in [0.4, 0.5) is 0 Å². The molecule has 0 N–H and O–H groups in total. The van der Waals surface area contributed by atoms with Gasteiger partial charge in [-0.05, 0) is 23.3 Å². The van der Waals surface area contributed by atoms with Crippen molar-refractivity contribution >= 4 is 11.9 Å². The molecule has 0 atom stereocenters. The van der Waals surface area contributed by atoms with Crippen LogP contribution in [0.15, 0.2) is 88.5 Å². The number of hydrogen-bond acceptors (Lipinski definition) is 3. The van der Waals surface area contributed by atoms with E-state index in [1.165, 1.54) is 6.26 Å². The molecule has 0 unspecified atom stereocenters. The number of likely N-dealkylation sites (N-methyl/N-ethyl adjacent to an activating group) is 1. The Kier molecular flexibility index (Phi) is 4.75. The molecule has 0 bridgehead atoms. The molecule has 4 rings (SSSR count). The summed E-state index contributed by atoms with van der Waals surface area (Å²) in [6, 6.07) is 23.5. The molecule has 0 spiro atoms. The number of hydrogen-bond donors (Lipinski definition) is 0. The van der Waals surface area contributed by atoms with Gasteiger partial charge in [-0.1, -0.05) is 60.7 Å². The van der Waals surface area contributed by atoms with Gasteiger partial charge in [-0.3, -0.25) is 9.69 Å². The lowest BCUT2D eigenvalue weighted by Gasteiger charge is -2.22. The zero-order valence-electron chi connectivity index (χ0n) is 15.2. The molecule has 0 radical (unpaired) electrons. The monoisotopic (exact) mass is 359 g/mol. The third kappa shape index (κ3) is 3.49. The molecule has 1 amide bonds. The van der Waals surface area contributed by atoms with Gasteiger partial charge in [0.05, 0.1) is 6.26 Å². The molecule has 2 heterocycles. The van der Waals surface area contributed by atoms with Gasteiger partial charge < -0.3 is 9.32 Å². The summed E-state index contributed by atoms with van der Waals surface area (Å²) in [7, 11) is 1.96. The Labute approximate surface area is 158 Å². The van der Waals surface area contributed by atoms with Gasteiger partial charge in [0.25, 0.3) is 5.91 Å². The molecule has 1 aromatic heterocycles. The second-order valence-corrected chi connectivity index (χ2v) is 6.51. The number of aliphatic imine (C=N–C) groups is 1. The molecule has 1 aliphatic heterocycles. The van der Waals surface area contributed by atoms with Gasteiger partial charge >= 0.3 is 0 Å². The average Bonchev–Trinajstić information content (AvgIpc) is 3.37. The fraction of sp³-hybridized carbons (Fsp3) is 0.182. The lowest BCUT2D eigenvalue weighted by Crippen LogP contribution is -2.36. The minimum atomic E-state index is -0.185. The number of nitrogens with zero attached hydrogens (tertiary/aromatic N) is 3. The van der Waals surface area contributed by atoms with Crippen LogP contribution in [0.25, 0.3) is 0 Å². The van der Waals surface area contributed by atoms with E-state index < -0.39 is 0 Å². The molecule has 1 aliphatic rings. The lowest BCUT2D eigenvalue weighted by molar-refractivity contribution is 0.0828. The fourth-order valence-electron chi connectivity index (χ4n) is 3.28. The minimum absolute atomic E-state index is 0.164. The second kappa shape index (κ2) is 7.50. The van der Waals surface area contributed by atoms with Gasteiger partial charge in [-0.25, -0.2) is 4.99 Å². The lowest BCUT2D eigenvalue weighted by atomic mass is 9.99. The van der Waals surface area contributed by atoms with Crippen molar-refractivity contribution in [2.45, 2.75) is 6.04 Å². The van der Waals surface area contributed by atoms with Crippen molar-refractivity contribution in [3.05, 3.63) is 95.9 Å². The first-order valence-electron chi connectivity index (χ1n) is 8.98. The summed E-state index contributed by atoms with van der Waals surface area (Å²) in [4.78, 5) is 21.6. The summed E-state index contributed by atoms with van der Waals surface area (Å²) in [5, 5.41) is 0. The zero-order chi connectivity index (χ0) is 18.6. The molecular weight excluding hydrogens is 338 g/mol. The Bertz CT molecular complexity index is 881. The number of carbonyl (C=O) groups excluding carboxylic acids is 1. The van der Waals surface area contributed by atoms with Crippen molar-refractivity contribution in [1.82, 2.24) is 9.80 Å². The van der Waals surface area contributed by atoms with Crippen LogP contribution in [-0.2, 0) is 0 Å². The highest BCUT2D eigenvalue weighted by Gasteiger charge is 2.32. The summed E-state index contributed by atoms with van der Waals surface area (Å²) < 4.78 is 5.30. The van der Waals surface area contributed by atoms with Crippen molar-refractivity contribution in [3.8, 4) is 0 Å². The highest BCUT2D eigenvalue weighted by molar-refractivity contribution is 6.05. The van der Waals surface area contributed by atoms with E-state index in [0.29, 0.717) is 18.3 Å². The van der Waals surface area contributed by atoms with E-state index in [1.807, 2.05) is 48.3 Å². The summed E-state index contributed by atoms with van der Waals surface area (Å²) in [6.45, 7) is 1.33. The van der Waals surface area contributed by atoms with E-state index in [4.69, 9.17) is 9.41 Å². The normalized spacial score (nSPS) is 15.7. The predicted molar refractivity (Wildman–Crippen MR) is 105 cm³/mol. The van der Waals surface area contributed by atoms with E-state index in [0.717, 1.165) is 17.7 Å². The van der Waals surface area contributed by atoms with Crippen LogP contribution in [0.3, 0.4) is 0 Å². The number of rotatable bonds is 4. The zero-order valence-corrected chi connectivity index (χ0v) is 15.2. The molecular formula is C22H21N3O2. The van der Waals surface area contributed by atoms with E-state index in [1.54, 1.807) is 17.0 Å². The summed E-state index contributed by atoms with van der Waals surface area (Å²) in [5.41, 5.74) is 2.17. The molecule has 136 valence electrons. The van der Waals surface area contributed by atoms with E-state index in [2.05, 4.69) is 24.3 Å². The molecule has 2 aromatic carbocycles. The fourth-order valence-corrected chi connectivity index (χ4v) is 3.28. The van der Waals surface area contributed by atoms with Gasteiger partial charge in [0.1, 0.15) is 6.04 Å². The van der Waals surface area contributed by atoms with Crippen LogP contribution < -0.4 is 0 Å². The Morgan fingerprint density at radius 3 is 2.11 bits per heavy atom. The molecule has 1 fully saturated rings. The first kappa shape index (κ1) is 17.1. The number of benzene rings is 2. The summed E-state index contributed by atoms with van der Waals surface area (Å²) >= 11 is 0. The van der Waals surface area contributed by atoms with Gasteiger partial charge in [0.2, 0.25) is 5.96 Å². The smallest absolute Gasteiger partial charge is 0.296 e. The molecule has 1 saturated heterocycles. The molecule has 0 aliphatic carbocycles. The van der Waals surface area contributed by atoms with Crippen LogP contribution in [0.2, 0.25) is 0 Å². The van der Waals surface area contributed by atoms with E-state index >= 15 is 0 Å². The van der Waals surface area contributed by atoms with Gasteiger partial charge in [-0.2, -0.15) is 0 Å². The van der Waals surface area contributed by atoms with Crippen LogP contribution in [0.5, 0.6) is 0 Å². The van der Waals surface area contributed by atoms with E-state index in [9.17, 15) is 4.79 Å². The van der Waals surface area contributed by atoms with Gasteiger partial charge in [-0.15, -0.1) is 0 Å². The first-order valence-corrected chi connectivity index (χ1v) is 8.98. The average molecular weight is 359 g/mol. The summed E-state index contributed by atoms with van der Waals surface area (Å²) in [6.07, 6.45) is 1.51. The Balaban J connectivity index is 1.75. The largest absolute Gasteiger partial charge is 0.459 e.